The van der Waals surface area contributed by atoms with Gasteiger partial charge >= 0.3 is 12.0 Å². The molecule has 0 aromatic carbocycles. The molecule has 3 N–H and O–H groups in total. The van der Waals surface area contributed by atoms with Gasteiger partial charge in [-0.1, -0.05) is 20.3 Å². The molecule has 5 heteroatoms. The van der Waals surface area contributed by atoms with Crippen molar-refractivity contribution in [2.24, 2.45) is 10.8 Å². The van der Waals surface area contributed by atoms with Crippen molar-refractivity contribution in [3.8, 4) is 0 Å². The molecule has 1 fully saturated rings. The highest BCUT2D eigenvalue weighted by Gasteiger charge is 2.33. The van der Waals surface area contributed by atoms with Crippen molar-refractivity contribution in [1.82, 2.24) is 10.6 Å². The first-order valence-corrected chi connectivity index (χ1v) is 6.56. The van der Waals surface area contributed by atoms with Crippen LogP contribution in [0.5, 0.6) is 0 Å². The molecule has 0 radical (unpaired) electrons. The standard InChI is InChI=1S/C13H24N2O3/c1-4-13(3,10(16)17)9-15-11(18)14-8-12(2)6-5-7-12/h4-9H2,1-3H3,(H,16,17)(H2,14,15,18). The van der Waals surface area contributed by atoms with E-state index in [1.807, 2.05) is 6.92 Å². The fourth-order valence-corrected chi connectivity index (χ4v) is 1.94. The van der Waals surface area contributed by atoms with Crippen molar-refractivity contribution < 1.29 is 14.7 Å². The summed E-state index contributed by atoms with van der Waals surface area (Å²) in [5.41, 5.74) is -0.657. The first kappa shape index (κ1) is 14.8. The second-order valence-corrected chi connectivity index (χ2v) is 5.92. The molecular weight excluding hydrogens is 232 g/mol. The van der Waals surface area contributed by atoms with Crippen LogP contribution in [0.3, 0.4) is 0 Å². The van der Waals surface area contributed by atoms with Crippen LogP contribution in [0.1, 0.15) is 46.5 Å². The Hall–Kier alpha value is -1.26. The fourth-order valence-electron chi connectivity index (χ4n) is 1.94. The molecule has 104 valence electrons. The third-order valence-electron chi connectivity index (χ3n) is 4.17. The Balaban J connectivity index is 2.30. The molecule has 18 heavy (non-hydrogen) atoms. The first-order chi connectivity index (χ1) is 8.31. The number of aliphatic carboxylic acids is 1. The van der Waals surface area contributed by atoms with Crippen LogP contribution in [0.2, 0.25) is 0 Å². The van der Waals surface area contributed by atoms with E-state index in [-0.39, 0.29) is 18.0 Å². The van der Waals surface area contributed by atoms with Crippen molar-refractivity contribution in [2.75, 3.05) is 13.1 Å². The Morgan fingerprint density at radius 1 is 1.33 bits per heavy atom. The lowest BCUT2D eigenvalue weighted by atomic mass is 9.70. The minimum atomic E-state index is -0.891. The lowest BCUT2D eigenvalue weighted by Gasteiger charge is -2.38. The summed E-state index contributed by atoms with van der Waals surface area (Å²) in [6.45, 7) is 6.42. The van der Waals surface area contributed by atoms with Gasteiger partial charge in [0.1, 0.15) is 0 Å². The van der Waals surface area contributed by atoms with Crippen LogP contribution in [-0.4, -0.2) is 30.2 Å². The van der Waals surface area contributed by atoms with Gasteiger partial charge < -0.3 is 15.7 Å². The summed E-state index contributed by atoms with van der Waals surface area (Å²) >= 11 is 0. The van der Waals surface area contributed by atoms with Crippen molar-refractivity contribution >= 4 is 12.0 Å². The first-order valence-electron chi connectivity index (χ1n) is 6.56. The monoisotopic (exact) mass is 256 g/mol. The maximum absolute atomic E-state index is 11.6. The molecule has 0 aliphatic heterocycles. The van der Waals surface area contributed by atoms with Gasteiger partial charge in [0.2, 0.25) is 0 Å². The molecule has 0 aromatic heterocycles. The Kier molecular flexibility index (Phi) is 4.59. The van der Waals surface area contributed by atoms with Crippen LogP contribution in [-0.2, 0) is 4.79 Å². The predicted octanol–water partition coefficient (Wildman–Crippen LogP) is 1.98. The quantitative estimate of drug-likeness (QED) is 0.680. The molecule has 0 bridgehead atoms. The Labute approximate surface area is 108 Å². The van der Waals surface area contributed by atoms with E-state index >= 15 is 0 Å². The Bertz CT molecular complexity index is 326. The second kappa shape index (κ2) is 5.59. The number of rotatable bonds is 6. The third-order valence-corrected chi connectivity index (χ3v) is 4.17. The number of nitrogens with one attached hydrogen (secondary N) is 2. The van der Waals surface area contributed by atoms with Gasteiger partial charge in [0.25, 0.3) is 0 Å². The number of carbonyl (C=O) groups excluding carboxylic acids is 1. The van der Waals surface area contributed by atoms with Gasteiger partial charge in [0.15, 0.2) is 0 Å². The zero-order valence-electron chi connectivity index (χ0n) is 11.5. The molecule has 0 heterocycles. The lowest BCUT2D eigenvalue weighted by molar-refractivity contribution is -0.147. The highest BCUT2D eigenvalue weighted by Crippen LogP contribution is 2.39. The van der Waals surface area contributed by atoms with E-state index in [1.165, 1.54) is 6.42 Å². The normalized spacial score (nSPS) is 20.4. The predicted molar refractivity (Wildman–Crippen MR) is 69.4 cm³/mol. The SMILES string of the molecule is CCC(C)(CNC(=O)NCC1(C)CCC1)C(=O)O. The van der Waals surface area contributed by atoms with E-state index in [9.17, 15) is 9.59 Å². The number of amides is 2. The van der Waals surface area contributed by atoms with E-state index in [4.69, 9.17) is 5.11 Å². The maximum Gasteiger partial charge on any atom is 0.314 e. The van der Waals surface area contributed by atoms with E-state index in [0.717, 1.165) is 12.8 Å². The highest BCUT2D eigenvalue weighted by molar-refractivity contribution is 5.77. The molecule has 0 aromatic rings. The minimum absolute atomic E-state index is 0.154. The molecule has 1 saturated carbocycles. The lowest BCUT2D eigenvalue weighted by Crippen LogP contribution is -2.48. The molecule has 1 atom stereocenters. The number of hydrogen-bond acceptors (Lipinski definition) is 2. The van der Waals surface area contributed by atoms with E-state index < -0.39 is 11.4 Å². The Morgan fingerprint density at radius 2 is 1.94 bits per heavy atom. The number of carbonyl (C=O) groups is 2. The molecular formula is C13H24N2O3. The van der Waals surface area contributed by atoms with Crippen LogP contribution >= 0.6 is 0 Å². The van der Waals surface area contributed by atoms with Crippen molar-refractivity contribution in [2.45, 2.75) is 46.5 Å². The third kappa shape index (κ3) is 3.62. The van der Waals surface area contributed by atoms with E-state index in [0.29, 0.717) is 13.0 Å². The fraction of sp³-hybridized carbons (Fsp3) is 0.846. The van der Waals surface area contributed by atoms with Crippen LogP contribution in [0, 0.1) is 10.8 Å². The molecule has 1 aliphatic carbocycles. The summed E-state index contributed by atoms with van der Waals surface area (Å²) < 4.78 is 0. The summed E-state index contributed by atoms with van der Waals surface area (Å²) in [5, 5.41) is 14.5. The molecule has 5 nitrogen and oxygen atoms in total. The number of carboxylic acids is 1. The van der Waals surface area contributed by atoms with Crippen molar-refractivity contribution in [1.29, 1.82) is 0 Å². The van der Waals surface area contributed by atoms with Gasteiger partial charge in [-0.15, -0.1) is 0 Å². The van der Waals surface area contributed by atoms with Crippen LogP contribution in [0.15, 0.2) is 0 Å². The molecule has 0 saturated heterocycles. The van der Waals surface area contributed by atoms with E-state index in [2.05, 4.69) is 17.6 Å². The zero-order valence-corrected chi connectivity index (χ0v) is 11.5. The van der Waals surface area contributed by atoms with Gasteiger partial charge in [0, 0.05) is 13.1 Å². The summed E-state index contributed by atoms with van der Waals surface area (Å²) in [7, 11) is 0. The highest BCUT2D eigenvalue weighted by atomic mass is 16.4. The largest absolute Gasteiger partial charge is 0.481 e. The van der Waals surface area contributed by atoms with Gasteiger partial charge in [-0.05, 0) is 31.6 Å². The smallest absolute Gasteiger partial charge is 0.314 e. The second-order valence-electron chi connectivity index (χ2n) is 5.92. The van der Waals surface area contributed by atoms with Gasteiger partial charge in [-0.25, -0.2) is 4.79 Å². The molecule has 1 aliphatic rings. The number of carboxylic acid groups (broad SMARTS) is 1. The topological polar surface area (TPSA) is 78.4 Å². The summed E-state index contributed by atoms with van der Waals surface area (Å²) in [5.74, 6) is -0.878. The van der Waals surface area contributed by atoms with Gasteiger partial charge in [0.05, 0.1) is 5.41 Å². The van der Waals surface area contributed by atoms with Crippen molar-refractivity contribution in [3.63, 3.8) is 0 Å². The summed E-state index contributed by atoms with van der Waals surface area (Å²) in [6.07, 6.45) is 4.01. The summed E-state index contributed by atoms with van der Waals surface area (Å²) in [6, 6.07) is -0.274. The maximum atomic E-state index is 11.6. The van der Waals surface area contributed by atoms with Crippen LogP contribution in [0.25, 0.3) is 0 Å². The minimum Gasteiger partial charge on any atom is -0.481 e. The average Bonchev–Trinajstić information content (AvgIpc) is 2.30. The molecule has 1 unspecified atom stereocenters. The van der Waals surface area contributed by atoms with E-state index in [1.54, 1.807) is 6.92 Å². The van der Waals surface area contributed by atoms with Crippen LogP contribution < -0.4 is 10.6 Å². The average molecular weight is 256 g/mol. The van der Waals surface area contributed by atoms with Crippen LogP contribution in [0.4, 0.5) is 4.79 Å². The summed E-state index contributed by atoms with van der Waals surface area (Å²) in [4.78, 5) is 22.7. The number of urea groups is 1. The molecule has 1 rings (SSSR count). The number of hydrogen-bond donors (Lipinski definition) is 3. The Morgan fingerprint density at radius 3 is 2.33 bits per heavy atom. The van der Waals surface area contributed by atoms with Gasteiger partial charge in [-0.3, -0.25) is 4.79 Å². The molecule has 0 spiro atoms. The zero-order chi connectivity index (χ0) is 13.8. The molecule has 2 amide bonds. The van der Waals surface area contributed by atoms with Gasteiger partial charge in [-0.2, -0.15) is 0 Å². The van der Waals surface area contributed by atoms with Crippen molar-refractivity contribution in [3.05, 3.63) is 0 Å².